The lowest BCUT2D eigenvalue weighted by atomic mass is 9.97. The molecule has 1 unspecified atom stereocenters. The molecule has 15 heavy (non-hydrogen) atoms. The Labute approximate surface area is 101 Å². The predicted octanol–water partition coefficient (Wildman–Crippen LogP) is 2.67. The predicted molar refractivity (Wildman–Crippen MR) is 65.0 cm³/mol. The highest BCUT2D eigenvalue weighted by Gasteiger charge is 2.35. The summed E-state index contributed by atoms with van der Waals surface area (Å²) in [5, 5.41) is 1.09. The molecule has 1 heterocycles. The summed E-state index contributed by atoms with van der Waals surface area (Å²) < 4.78 is 0. The van der Waals surface area contributed by atoms with E-state index in [0.29, 0.717) is 11.8 Å². The van der Waals surface area contributed by atoms with Crippen molar-refractivity contribution in [3.8, 4) is 0 Å². The Hall–Kier alpha value is -0.0500. The molecular formula is C12H20BrNO. The maximum atomic E-state index is 12.1. The van der Waals surface area contributed by atoms with E-state index in [9.17, 15) is 4.79 Å². The topological polar surface area (TPSA) is 20.3 Å². The lowest BCUT2D eigenvalue weighted by Crippen LogP contribution is -2.41. The minimum Gasteiger partial charge on any atom is -0.342 e. The van der Waals surface area contributed by atoms with Gasteiger partial charge in [-0.15, -0.1) is 0 Å². The Balaban J connectivity index is 1.81. The van der Waals surface area contributed by atoms with Gasteiger partial charge in [-0.05, 0) is 37.5 Å². The Bertz CT molecular complexity index is 232. The van der Waals surface area contributed by atoms with Crippen molar-refractivity contribution in [1.82, 2.24) is 4.90 Å². The van der Waals surface area contributed by atoms with Crippen LogP contribution in [-0.4, -0.2) is 29.2 Å². The minimum atomic E-state index is 0.283. The molecule has 1 amide bonds. The summed E-state index contributed by atoms with van der Waals surface area (Å²) in [6.07, 6.45) is 4.89. The van der Waals surface area contributed by atoms with E-state index in [4.69, 9.17) is 0 Å². The van der Waals surface area contributed by atoms with Gasteiger partial charge in [-0.2, -0.15) is 0 Å². The summed E-state index contributed by atoms with van der Waals surface area (Å²) in [4.78, 5) is 14.2. The third-order valence-corrected chi connectivity index (χ3v) is 4.78. The zero-order valence-electron chi connectivity index (χ0n) is 9.42. The molecule has 3 heteroatoms. The number of hydrogen-bond donors (Lipinski definition) is 0. The molecule has 0 aromatic heterocycles. The lowest BCUT2D eigenvalue weighted by molar-refractivity contribution is -0.136. The third kappa shape index (κ3) is 2.74. The van der Waals surface area contributed by atoms with Gasteiger partial charge in [-0.1, -0.05) is 22.9 Å². The first-order valence-electron chi connectivity index (χ1n) is 6.07. The molecular weight excluding hydrogens is 254 g/mol. The van der Waals surface area contributed by atoms with Gasteiger partial charge < -0.3 is 4.90 Å². The van der Waals surface area contributed by atoms with Gasteiger partial charge in [0, 0.05) is 24.3 Å². The first-order valence-corrected chi connectivity index (χ1v) is 7.19. The van der Waals surface area contributed by atoms with Gasteiger partial charge in [-0.3, -0.25) is 4.79 Å². The first kappa shape index (κ1) is 11.4. The maximum Gasteiger partial charge on any atom is 0.225 e. The van der Waals surface area contributed by atoms with Crippen molar-refractivity contribution in [3.05, 3.63) is 0 Å². The summed E-state index contributed by atoms with van der Waals surface area (Å²) >= 11 is 3.53. The highest BCUT2D eigenvalue weighted by molar-refractivity contribution is 9.09. The Morgan fingerprint density at radius 1 is 1.33 bits per heavy atom. The van der Waals surface area contributed by atoms with Crippen molar-refractivity contribution < 1.29 is 4.79 Å². The molecule has 1 atom stereocenters. The van der Waals surface area contributed by atoms with Crippen molar-refractivity contribution in [1.29, 1.82) is 0 Å². The molecule has 0 aromatic rings. The molecule has 0 aromatic carbocycles. The second-order valence-corrected chi connectivity index (χ2v) is 5.70. The van der Waals surface area contributed by atoms with Crippen LogP contribution in [-0.2, 0) is 4.79 Å². The number of alkyl halides is 1. The molecule has 2 nitrogen and oxygen atoms in total. The van der Waals surface area contributed by atoms with Crippen molar-refractivity contribution in [2.24, 2.45) is 17.8 Å². The molecule has 0 radical (unpaired) electrons. The monoisotopic (exact) mass is 273 g/mol. The van der Waals surface area contributed by atoms with Crippen LogP contribution in [0.2, 0.25) is 0 Å². The minimum absolute atomic E-state index is 0.283. The molecule has 0 spiro atoms. The van der Waals surface area contributed by atoms with Crippen LogP contribution < -0.4 is 0 Å². The highest BCUT2D eigenvalue weighted by Crippen LogP contribution is 2.37. The number of carbonyl (C=O) groups excluding carboxylic acids is 1. The number of halogens is 1. The van der Waals surface area contributed by atoms with E-state index < -0.39 is 0 Å². The van der Waals surface area contributed by atoms with Gasteiger partial charge in [0.05, 0.1) is 0 Å². The number of nitrogens with zero attached hydrogens (tertiary/aromatic N) is 1. The molecule has 2 fully saturated rings. The molecule has 1 aliphatic carbocycles. The van der Waals surface area contributed by atoms with Gasteiger partial charge >= 0.3 is 0 Å². The zero-order valence-corrected chi connectivity index (χ0v) is 11.0. The summed E-state index contributed by atoms with van der Waals surface area (Å²) in [6, 6.07) is 0. The number of carbonyl (C=O) groups is 1. The number of piperidine rings is 1. The summed E-state index contributed by atoms with van der Waals surface area (Å²) in [7, 11) is 0. The molecule has 1 saturated carbocycles. The first-order chi connectivity index (χ1) is 7.22. The van der Waals surface area contributed by atoms with E-state index in [1.807, 2.05) is 0 Å². The van der Waals surface area contributed by atoms with Crippen molar-refractivity contribution in [3.63, 3.8) is 0 Å². The molecule has 1 saturated heterocycles. The Morgan fingerprint density at radius 2 is 1.93 bits per heavy atom. The lowest BCUT2D eigenvalue weighted by Gasteiger charge is -2.33. The average Bonchev–Trinajstić information content (AvgIpc) is 3.11. The van der Waals surface area contributed by atoms with E-state index in [2.05, 4.69) is 27.8 Å². The van der Waals surface area contributed by atoms with Crippen LogP contribution in [0.5, 0.6) is 0 Å². The Morgan fingerprint density at radius 3 is 2.40 bits per heavy atom. The van der Waals surface area contributed by atoms with E-state index in [1.165, 1.54) is 25.7 Å². The molecule has 1 aliphatic heterocycles. The fraction of sp³-hybridized carbons (Fsp3) is 0.917. The van der Waals surface area contributed by atoms with Crippen molar-refractivity contribution in [2.75, 3.05) is 18.4 Å². The summed E-state index contributed by atoms with van der Waals surface area (Å²) in [5.41, 5.74) is 0. The number of hydrogen-bond acceptors (Lipinski definition) is 1. The molecule has 2 aliphatic rings. The smallest absolute Gasteiger partial charge is 0.225 e. The van der Waals surface area contributed by atoms with Crippen molar-refractivity contribution >= 4 is 21.8 Å². The normalized spacial score (nSPS) is 25.3. The second-order valence-electron chi connectivity index (χ2n) is 5.05. The van der Waals surface area contributed by atoms with Gasteiger partial charge in [-0.25, -0.2) is 0 Å². The SMILES string of the molecule is CC(C(=O)N1CCC(CBr)CC1)C1CC1. The molecule has 2 rings (SSSR count). The van der Waals surface area contributed by atoms with Gasteiger partial charge in [0.25, 0.3) is 0 Å². The molecule has 86 valence electrons. The average molecular weight is 274 g/mol. The van der Waals surface area contributed by atoms with Crippen LogP contribution in [0.15, 0.2) is 0 Å². The van der Waals surface area contributed by atoms with Gasteiger partial charge in [0.15, 0.2) is 0 Å². The second kappa shape index (κ2) is 4.86. The maximum absolute atomic E-state index is 12.1. The van der Waals surface area contributed by atoms with Gasteiger partial charge in [0.2, 0.25) is 5.91 Å². The largest absolute Gasteiger partial charge is 0.342 e. The number of rotatable bonds is 3. The van der Waals surface area contributed by atoms with E-state index in [0.717, 1.165) is 24.3 Å². The van der Waals surface area contributed by atoms with Crippen LogP contribution >= 0.6 is 15.9 Å². The summed E-state index contributed by atoms with van der Waals surface area (Å²) in [5.74, 6) is 2.17. The quantitative estimate of drug-likeness (QED) is 0.724. The molecule has 0 N–H and O–H groups in total. The summed E-state index contributed by atoms with van der Waals surface area (Å²) in [6.45, 7) is 4.06. The highest BCUT2D eigenvalue weighted by atomic mass is 79.9. The standard InChI is InChI=1S/C12H20BrNO/c1-9(11-2-3-11)12(15)14-6-4-10(8-13)5-7-14/h9-11H,2-8H2,1H3. The van der Waals surface area contributed by atoms with Gasteiger partial charge in [0.1, 0.15) is 0 Å². The van der Waals surface area contributed by atoms with E-state index in [-0.39, 0.29) is 5.92 Å². The van der Waals surface area contributed by atoms with Crippen LogP contribution in [0.25, 0.3) is 0 Å². The van der Waals surface area contributed by atoms with Crippen LogP contribution in [0.1, 0.15) is 32.6 Å². The fourth-order valence-corrected chi connectivity index (χ4v) is 3.04. The molecule has 0 bridgehead atoms. The van der Waals surface area contributed by atoms with Crippen LogP contribution in [0.3, 0.4) is 0 Å². The fourth-order valence-electron chi connectivity index (χ4n) is 2.39. The van der Waals surface area contributed by atoms with Crippen LogP contribution in [0.4, 0.5) is 0 Å². The Kier molecular flexibility index (Phi) is 3.70. The number of likely N-dealkylation sites (tertiary alicyclic amines) is 1. The van der Waals surface area contributed by atoms with Crippen molar-refractivity contribution in [2.45, 2.75) is 32.6 Å². The number of amides is 1. The third-order valence-electron chi connectivity index (χ3n) is 3.86. The van der Waals surface area contributed by atoms with E-state index >= 15 is 0 Å². The van der Waals surface area contributed by atoms with E-state index in [1.54, 1.807) is 0 Å². The van der Waals surface area contributed by atoms with Crippen LogP contribution in [0, 0.1) is 17.8 Å². The zero-order chi connectivity index (χ0) is 10.8.